The summed E-state index contributed by atoms with van der Waals surface area (Å²) in [5.74, 6) is 0.942. The van der Waals surface area contributed by atoms with Gasteiger partial charge in [-0.1, -0.05) is 12.1 Å². The Labute approximate surface area is 91.9 Å². The van der Waals surface area contributed by atoms with Crippen LogP contribution in [-0.2, 0) is 0 Å². The van der Waals surface area contributed by atoms with Crippen molar-refractivity contribution >= 4 is 12.4 Å². The minimum atomic E-state index is 0. The molecular formula is C11H18ClNO. The van der Waals surface area contributed by atoms with E-state index in [-0.39, 0.29) is 18.4 Å². The summed E-state index contributed by atoms with van der Waals surface area (Å²) < 4.78 is 5.47. The van der Waals surface area contributed by atoms with Crippen LogP contribution >= 0.6 is 12.4 Å². The predicted octanol–water partition coefficient (Wildman–Crippen LogP) is 2.84. The minimum Gasteiger partial charge on any atom is -0.494 e. The summed E-state index contributed by atoms with van der Waals surface area (Å²) in [7, 11) is 0. The molecule has 1 aromatic carbocycles. The van der Waals surface area contributed by atoms with Gasteiger partial charge in [0.1, 0.15) is 5.75 Å². The molecule has 1 atom stereocenters. The lowest BCUT2D eigenvalue weighted by molar-refractivity contribution is 0.337. The number of nitrogens with two attached hydrogens (primary N) is 1. The van der Waals surface area contributed by atoms with Gasteiger partial charge in [-0.05, 0) is 38.0 Å². The highest BCUT2D eigenvalue weighted by Gasteiger charge is 2.03. The third-order valence-corrected chi connectivity index (χ3v) is 2.04. The van der Waals surface area contributed by atoms with E-state index in [1.54, 1.807) is 0 Å². The second kappa shape index (κ2) is 5.89. The van der Waals surface area contributed by atoms with Crippen LogP contribution in [0.3, 0.4) is 0 Å². The lowest BCUT2D eigenvalue weighted by Gasteiger charge is -2.11. The van der Waals surface area contributed by atoms with Crippen LogP contribution < -0.4 is 10.5 Å². The quantitative estimate of drug-likeness (QED) is 0.842. The molecular weight excluding hydrogens is 198 g/mol. The summed E-state index contributed by atoms with van der Waals surface area (Å²) in [6, 6.07) is 6.18. The Bertz CT molecular complexity index is 287. The van der Waals surface area contributed by atoms with Crippen molar-refractivity contribution in [3.05, 3.63) is 29.3 Å². The second-order valence-corrected chi connectivity index (χ2v) is 3.25. The molecule has 0 unspecified atom stereocenters. The van der Waals surface area contributed by atoms with E-state index in [0.29, 0.717) is 6.61 Å². The van der Waals surface area contributed by atoms with Gasteiger partial charge in [-0.15, -0.1) is 12.4 Å². The van der Waals surface area contributed by atoms with Crippen LogP contribution in [0.15, 0.2) is 18.2 Å². The van der Waals surface area contributed by atoms with Gasteiger partial charge in [0.25, 0.3) is 0 Å². The topological polar surface area (TPSA) is 35.2 Å². The second-order valence-electron chi connectivity index (χ2n) is 3.25. The zero-order valence-electron chi connectivity index (χ0n) is 8.91. The van der Waals surface area contributed by atoms with Crippen LogP contribution in [0.1, 0.15) is 31.0 Å². The lowest BCUT2D eigenvalue weighted by atomic mass is 10.1. The van der Waals surface area contributed by atoms with Crippen LogP contribution in [-0.4, -0.2) is 6.61 Å². The molecule has 0 saturated carbocycles. The monoisotopic (exact) mass is 215 g/mol. The first kappa shape index (κ1) is 13.3. The van der Waals surface area contributed by atoms with Crippen molar-refractivity contribution in [1.82, 2.24) is 0 Å². The van der Waals surface area contributed by atoms with Gasteiger partial charge in [0.15, 0.2) is 0 Å². The van der Waals surface area contributed by atoms with Crippen LogP contribution in [0.4, 0.5) is 0 Å². The summed E-state index contributed by atoms with van der Waals surface area (Å²) in [4.78, 5) is 0. The highest BCUT2D eigenvalue weighted by Crippen LogP contribution is 2.22. The Balaban J connectivity index is 0.00000169. The molecule has 0 aliphatic heterocycles. The summed E-state index contributed by atoms with van der Waals surface area (Å²) in [5.41, 5.74) is 8.05. The highest BCUT2D eigenvalue weighted by atomic mass is 35.5. The zero-order valence-corrected chi connectivity index (χ0v) is 9.73. The van der Waals surface area contributed by atoms with Gasteiger partial charge in [-0.25, -0.2) is 0 Å². The van der Waals surface area contributed by atoms with E-state index >= 15 is 0 Å². The fourth-order valence-corrected chi connectivity index (χ4v) is 1.21. The standard InChI is InChI=1S/C11H17NO.ClH/c1-4-13-11-7-10(9(3)12)6-5-8(11)2;/h5-7,9H,4,12H2,1-3H3;1H/t9-;/m1./s1. The van der Waals surface area contributed by atoms with Gasteiger partial charge in [0.2, 0.25) is 0 Å². The average molecular weight is 216 g/mol. The number of rotatable bonds is 3. The highest BCUT2D eigenvalue weighted by molar-refractivity contribution is 5.85. The Morgan fingerprint density at radius 1 is 1.43 bits per heavy atom. The van der Waals surface area contributed by atoms with E-state index < -0.39 is 0 Å². The first-order valence-electron chi connectivity index (χ1n) is 4.64. The van der Waals surface area contributed by atoms with Crippen LogP contribution in [0.5, 0.6) is 5.75 Å². The molecule has 0 aliphatic carbocycles. The minimum absolute atomic E-state index is 0. The van der Waals surface area contributed by atoms with E-state index in [1.807, 2.05) is 39.0 Å². The summed E-state index contributed by atoms with van der Waals surface area (Å²) in [6.07, 6.45) is 0. The Kier molecular flexibility index (Phi) is 5.58. The average Bonchev–Trinajstić information content (AvgIpc) is 2.08. The molecule has 1 rings (SSSR count). The molecule has 0 saturated heterocycles. The molecule has 0 radical (unpaired) electrons. The number of halogens is 1. The van der Waals surface area contributed by atoms with Crippen molar-refractivity contribution < 1.29 is 4.74 Å². The Morgan fingerprint density at radius 3 is 2.57 bits per heavy atom. The number of aryl methyl sites for hydroxylation is 1. The first-order chi connectivity index (χ1) is 6.15. The van der Waals surface area contributed by atoms with Gasteiger partial charge in [-0.2, -0.15) is 0 Å². The molecule has 1 aromatic rings. The molecule has 0 spiro atoms. The normalized spacial score (nSPS) is 11.7. The number of benzene rings is 1. The summed E-state index contributed by atoms with van der Waals surface area (Å²) in [6.45, 7) is 6.69. The number of ether oxygens (including phenoxy) is 1. The van der Waals surface area contributed by atoms with Crippen molar-refractivity contribution in [3.63, 3.8) is 0 Å². The predicted molar refractivity (Wildman–Crippen MR) is 62.2 cm³/mol. The van der Waals surface area contributed by atoms with Crippen molar-refractivity contribution in [2.45, 2.75) is 26.8 Å². The number of hydrogen-bond donors (Lipinski definition) is 1. The zero-order chi connectivity index (χ0) is 9.84. The SMILES string of the molecule is CCOc1cc([C@@H](C)N)ccc1C.Cl. The van der Waals surface area contributed by atoms with Crippen molar-refractivity contribution in [2.24, 2.45) is 5.73 Å². The Morgan fingerprint density at radius 2 is 2.07 bits per heavy atom. The van der Waals surface area contributed by atoms with Crippen molar-refractivity contribution in [3.8, 4) is 5.75 Å². The molecule has 2 N–H and O–H groups in total. The maximum Gasteiger partial charge on any atom is 0.122 e. The fourth-order valence-electron chi connectivity index (χ4n) is 1.21. The van der Waals surface area contributed by atoms with E-state index in [0.717, 1.165) is 16.9 Å². The first-order valence-corrected chi connectivity index (χ1v) is 4.64. The van der Waals surface area contributed by atoms with Crippen LogP contribution in [0.25, 0.3) is 0 Å². The molecule has 0 bridgehead atoms. The summed E-state index contributed by atoms with van der Waals surface area (Å²) in [5, 5.41) is 0. The van der Waals surface area contributed by atoms with E-state index in [9.17, 15) is 0 Å². The largest absolute Gasteiger partial charge is 0.494 e. The van der Waals surface area contributed by atoms with Gasteiger partial charge >= 0.3 is 0 Å². The van der Waals surface area contributed by atoms with Gasteiger partial charge in [0, 0.05) is 6.04 Å². The fraction of sp³-hybridized carbons (Fsp3) is 0.455. The third-order valence-electron chi connectivity index (χ3n) is 2.04. The van der Waals surface area contributed by atoms with Gasteiger partial charge in [0.05, 0.1) is 6.61 Å². The Hall–Kier alpha value is -0.730. The van der Waals surface area contributed by atoms with Crippen LogP contribution in [0.2, 0.25) is 0 Å². The summed E-state index contributed by atoms with van der Waals surface area (Å²) >= 11 is 0. The molecule has 0 heterocycles. The van der Waals surface area contributed by atoms with Crippen molar-refractivity contribution in [2.75, 3.05) is 6.61 Å². The molecule has 14 heavy (non-hydrogen) atoms. The van der Waals surface area contributed by atoms with Gasteiger partial charge < -0.3 is 10.5 Å². The van der Waals surface area contributed by atoms with Crippen LogP contribution in [0, 0.1) is 6.92 Å². The molecule has 0 aliphatic rings. The maximum absolute atomic E-state index is 5.77. The molecule has 0 fully saturated rings. The third kappa shape index (κ3) is 3.20. The van der Waals surface area contributed by atoms with Gasteiger partial charge in [-0.3, -0.25) is 0 Å². The smallest absolute Gasteiger partial charge is 0.122 e. The molecule has 80 valence electrons. The molecule has 0 aromatic heterocycles. The molecule has 2 nitrogen and oxygen atoms in total. The maximum atomic E-state index is 5.77. The van der Waals surface area contributed by atoms with Crippen molar-refractivity contribution in [1.29, 1.82) is 0 Å². The molecule has 0 amide bonds. The van der Waals surface area contributed by atoms with E-state index in [4.69, 9.17) is 10.5 Å². The lowest BCUT2D eigenvalue weighted by Crippen LogP contribution is -2.05. The van der Waals surface area contributed by atoms with E-state index in [2.05, 4.69) is 0 Å². The number of hydrogen-bond acceptors (Lipinski definition) is 2. The van der Waals surface area contributed by atoms with E-state index in [1.165, 1.54) is 0 Å². The molecule has 3 heteroatoms.